The molecule has 1 aromatic heterocycles. The van der Waals surface area contributed by atoms with Gasteiger partial charge in [-0.3, -0.25) is 9.59 Å². The summed E-state index contributed by atoms with van der Waals surface area (Å²) in [6.07, 6.45) is 3.69. The highest BCUT2D eigenvalue weighted by Crippen LogP contribution is 2.42. The molecule has 0 aliphatic heterocycles. The summed E-state index contributed by atoms with van der Waals surface area (Å²) in [5.41, 5.74) is 2.44. The number of hydrogen-bond donors (Lipinski definition) is 3. The maximum absolute atomic E-state index is 13.7. The number of amides is 2. The van der Waals surface area contributed by atoms with E-state index in [0.29, 0.717) is 36.3 Å². The fourth-order valence-corrected chi connectivity index (χ4v) is 6.17. The van der Waals surface area contributed by atoms with Gasteiger partial charge in [0.25, 0.3) is 5.91 Å². The first-order valence-corrected chi connectivity index (χ1v) is 14.6. The van der Waals surface area contributed by atoms with Gasteiger partial charge in [-0.25, -0.2) is 9.48 Å². The van der Waals surface area contributed by atoms with Gasteiger partial charge < -0.3 is 15.7 Å². The Morgan fingerprint density at radius 3 is 2.28 bits per heavy atom. The maximum Gasteiger partial charge on any atom is 0.326 e. The van der Waals surface area contributed by atoms with Crippen LogP contribution in [0.1, 0.15) is 47.2 Å². The summed E-state index contributed by atoms with van der Waals surface area (Å²) in [7, 11) is 1.76. The number of carbonyl (C=O) groups excluding carboxylic acids is 2. The van der Waals surface area contributed by atoms with Crippen LogP contribution in [-0.4, -0.2) is 49.1 Å². The Bertz CT molecular complexity index is 1630. The molecule has 1 saturated carbocycles. The van der Waals surface area contributed by atoms with Crippen LogP contribution in [0.15, 0.2) is 66.7 Å². The van der Waals surface area contributed by atoms with E-state index in [4.69, 9.17) is 23.2 Å². The second kappa shape index (κ2) is 12.9. The van der Waals surface area contributed by atoms with E-state index in [9.17, 15) is 19.5 Å². The van der Waals surface area contributed by atoms with Crippen LogP contribution in [0.4, 0.5) is 5.69 Å². The van der Waals surface area contributed by atoms with E-state index in [2.05, 4.69) is 26.2 Å². The molecule has 2 amide bonds. The fraction of sp³-hybridized carbons (Fsp3) is 0.290. The minimum absolute atomic E-state index is 0.0797. The number of nitrogens with one attached hydrogen (secondary N) is 2. The molecule has 3 aromatic carbocycles. The third kappa shape index (κ3) is 6.87. The number of hydrogen-bond acceptors (Lipinski definition) is 6. The molecule has 0 saturated heterocycles. The van der Waals surface area contributed by atoms with Crippen molar-refractivity contribution < 1.29 is 19.5 Å². The predicted molar refractivity (Wildman–Crippen MR) is 163 cm³/mol. The number of benzene rings is 3. The zero-order chi connectivity index (χ0) is 30.6. The molecule has 1 fully saturated rings. The molecule has 1 heterocycles. The van der Waals surface area contributed by atoms with Gasteiger partial charge >= 0.3 is 5.97 Å². The molecule has 1 atom stereocenters. The van der Waals surface area contributed by atoms with Crippen LogP contribution in [-0.2, 0) is 29.5 Å². The topological polar surface area (TPSA) is 139 Å². The number of anilines is 1. The number of nitrogens with zero attached hydrogens (tertiary/aromatic N) is 4. The van der Waals surface area contributed by atoms with E-state index < -0.39 is 23.3 Å². The average molecular weight is 622 g/mol. The lowest BCUT2D eigenvalue weighted by Crippen LogP contribution is -2.49. The SMILES string of the molecule is Cn1nnnc1-c1cccc(CC2(C(=O)N[C@@H](Cc3ccc(NC(=O)c4c(Cl)cccc4Cl)cc3)C(=O)O)CCCC2)c1. The second-order valence-electron chi connectivity index (χ2n) is 10.8. The van der Waals surface area contributed by atoms with Crippen molar-refractivity contribution in [3.8, 4) is 11.4 Å². The number of carboxylic acid groups (broad SMARTS) is 1. The van der Waals surface area contributed by atoms with Gasteiger partial charge in [0.2, 0.25) is 5.91 Å². The van der Waals surface area contributed by atoms with Crippen LogP contribution in [0.25, 0.3) is 11.4 Å². The zero-order valence-corrected chi connectivity index (χ0v) is 24.9. The third-order valence-electron chi connectivity index (χ3n) is 7.84. The highest BCUT2D eigenvalue weighted by atomic mass is 35.5. The lowest BCUT2D eigenvalue weighted by atomic mass is 9.78. The second-order valence-corrected chi connectivity index (χ2v) is 11.6. The Morgan fingerprint density at radius 1 is 0.977 bits per heavy atom. The molecule has 1 aliphatic rings. The highest BCUT2D eigenvalue weighted by Gasteiger charge is 2.42. The van der Waals surface area contributed by atoms with Gasteiger partial charge in [0.1, 0.15) is 6.04 Å². The number of halogens is 2. The molecule has 0 spiro atoms. The van der Waals surface area contributed by atoms with Gasteiger partial charge in [-0.2, -0.15) is 0 Å². The summed E-state index contributed by atoms with van der Waals surface area (Å²) < 4.78 is 1.59. The van der Waals surface area contributed by atoms with Crippen LogP contribution in [0.2, 0.25) is 10.0 Å². The van der Waals surface area contributed by atoms with Gasteiger partial charge in [-0.15, -0.1) is 5.10 Å². The van der Waals surface area contributed by atoms with E-state index in [-0.39, 0.29) is 27.9 Å². The molecule has 5 rings (SSSR count). The van der Waals surface area contributed by atoms with Gasteiger partial charge in [0, 0.05) is 24.7 Å². The first kappa shape index (κ1) is 30.2. The summed E-state index contributed by atoms with van der Waals surface area (Å²) in [6.45, 7) is 0. The van der Waals surface area contributed by atoms with Gasteiger partial charge in [0.15, 0.2) is 5.82 Å². The number of aryl methyl sites for hydroxylation is 1. The Hall–Kier alpha value is -4.28. The summed E-state index contributed by atoms with van der Waals surface area (Å²) in [4.78, 5) is 38.7. The summed E-state index contributed by atoms with van der Waals surface area (Å²) in [5.74, 6) is -1.22. The van der Waals surface area contributed by atoms with Crippen LogP contribution in [0, 0.1) is 5.41 Å². The number of aliphatic carboxylic acids is 1. The molecule has 43 heavy (non-hydrogen) atoms. The Kier molecular flexibility index (Phi) is 9.08. The van der Waals surface area contributed by atoms with Crippen molar-refractivity contribution in [3.63, 3.8) is 0 Å². The quantitative estimate of drug-likeness (QED) is 0.217. The summed E-state index contributed by atoms with van der Waals surface area (Å²) >= 11 is 12.3. The van der Waals surface area contributed by atoms with Crippen LogP contribution in [0.5, 0.6) is 0 Å². The van der Waals surface area contributed by atoms with E-state index in [0.717, 1.165) is 24.0 Å². The van der Waals surface area contributed by atoms with Crippen LogP contribution >= 0.6 is 23.2 Å². The monoisotopic (exact) mass is 620 g/mol. The van der Waals surface area contributed by atoms with Crippen LogP contribution < -0.4 is 10.6 Å². The predicted octanol–water partition coefficient (Wildman–Crippen LogP) is 5.35. The molecule has 0 bridgehead atoms. The molecule has 222 valence electrons. The average Bonchev–Trinajstić information content (AvgIpc) is 3.63. The zero-order valence-electron chi connectivity index (χ0n) is 23.4. The largest absolute Gasteiger partial charge is 0.480 e. The molecule has 0 unspecified atom stereocenters. The molecular weight excluding hydrogens is 591 g/mol. The van der Waals surface area contributed by atoms with E-state index in [1.165, 1.54) is 0 Å². The van der Waals surface area contributed by atoms with Crippen molar-refractivity contribution in [1.29, 1.82) is 0 Å². The minimum Gasteiger partial charge on any atom is -0.480 e. The molecule has 1 aliphatic carbocycles. The molecule has 10 nitrogen and oxygen atoms in total. The fourth-order valence-electron chi connectivity index (χ4n) is 5.60. The molecular formula is C31H30Cl2N6O4. The van der Waals surface area contributed by atoms with Crippen molar-refractivity contribution in [3.05, 3.63) is 93.5 Å². The van der Waals surface area contributed by atoms with E-state index in [1.54, 1.807) is 54.2 Å². The van der Waals surface area contributed by atoms with Crippen molar-refractivity contribution in [2.45, 2.75) is 44.6 Å². The van der Waals surface area contributed by atoms with Crippen molar-refractivity contribution >= 4 is 46.7 Å². The third-order valence-corrected chi connectivity index (χ3v) is 8.46. The minimum atomic E-state index is -1.12. The Labute approximate surface area is 258 Å². The lowest BCUT2D eigenvalue weighted by molar-refractivity contribution is -0.143. The molecule has 0 radical (unpaired) electrons. The summed E-state index contributed by atoms with van der Waals surface area (Å²) in [6, 6.07) is 18.2. The number of carboxylic acids is 1. The van der Waals surface area contributed by atoms with Gasteiger partial charge in [-0.1, -0.05) is 72.4 Å². The summed E-state index contributed by atoms with van der Waals surface area (Å²) in [5, 5.41) is 27.7. The molecule has 3 N–H and O–H groups in total. The highest BCUT2D eigenvalue weighted by molar-refractivity contribution is 6.40. The Balaban J connectivity index is 1.27. The standard InChI is InChI=1S/C31H30Cl2N6O4/c1-39-27(36-37-38-39)21-7-4-6-20(16-21)18-31(14-2-3-15-31)30(43)35-25(29(41)42)17-19-10-12-22(13-11-19)34-28(40)26-23(32)8-5-9-24(26)33/h4-13,16,25H,2-3,14-15,17-18H2,1H3,(H,34,40)(H,35,43)(H,41,42)/t25-/m0/s1. The lowest BCUT2D eigenvalue weighted by Gasteiger charge is -2.30. The first-order chi connectivity index (χ1) is 20.6. The molecule has 12 heteroatoms. The Morgan fingerprint density at radius 2 is 1.65 bits per heavy atom. The van der Waals surface area contributed by atoms with Crippen molar-refractivity contribution in [2.24, 2.45) is 12.5 Å². The number of tetrazole rings is 1. The van der Waals surface area contributed by atoms with Crippen LogP contribution in [0.3, 0.4) is 0 Å². The van der Waals surface area contributed by atoms with E-state index >= 15 is 0 Å². The first-order valence-electron chi connectivity index (χ1n) is 13.8. The van der Waals surface area contributed by atoms with Gasteiger partial charge in [0.05, 0.1) is 21.0 Å². The number of rotatable bonds is 10. The van der Waals surface area contributed by atoms with E-state index in [1.807, 2.05) is 24.3 Å². The smallest absolute Gasteiger partial charge is 0.326 e. The van der Waals surface area contributed by atoms with Crippen molar-refractivity contribution in [1.82, 2.24) is 25.5 Å². The van der Waals surface area contributed by atoms with Crippen molar-refractivity contribution in [2.75, 3.05) is 5.32 Å². The van der Waals surface area contributed by atoms with Gasteiger partial charge in [-0.05, 0) is 71.1 Å². The normalized spacial score (nSPS) is 14.7. The maximum atomic E-state index is 13.7. The number of aromatic nitrogens is 4. The number of carbonyl (C=O) groups is 3. The molecule has 4 aromatic rings.